The number of nitro groups is 1. The quantitative estimate of drug-likeness (QED) is 0.563. The fraction of sp³-hybridized carbons (Fsp3) is 0.273. The van der Waals surface area contributed by atoms with Gasteiger partial charge in [-0.05, 0) is 23.3 Å². The van der Waals surface area contributed by atoms with E-state index in [9.17, 15) is 10.1 Å². The SMILES string of the molecule is CCNc1nc(Cn2cnc([N+](=O)[O-])n2)nc2sccc12. The van der Waals surface area contributed by atoms with Gasteiger partial charge >= 0.3 is 5.95 Å². The van der Waals surface area contributed by atoms with Crippen molar-refractivity contribution in [3.63, 3.8) is 0 Å². The lowest BCUT2D eigenvalue weighted by Gasteiger charge is -2.06. The predicted molar refractivity (Wildman–Crippen MR) is 77.4 cm³/mol. The molecule has 0 unspecified atom stereocenters. The molecule has 0 atom stereocenters. The summed E-state index contributed by atoms with van der Waals surface area (Å²) >= 11 is 1.52. The molecule has 0 radical (unpaired) electrons. The summed E-state index contributed by atoms with van der Waals surface area (Å²) in [6, 6.07) is 1.96. The summed E-state index contributed by atoms with van der Waals surface area (Å²) in [4.78, 5) is 23.3. The van der Waals surface area contributed by atoms with E-state index in [1.807, 2.05) is 18.4 Å². The number of hydrogen-bond acceptors (Lipinski definition) is 8. The van der Waals surface area contributed by atoms with Gasteiger partial charge in [-0.3, -0.25) is 0 Å². The lowest BCUT2D eigenvalue weighted by molar-refractivity contribution is -0.394. The molecular weight excluding hydrogens is 294 g/mol. The highest BCUT2D eigenvalue weighted by atomic mass is 32.1. The van der Waals surface area contributed by atoms with Gasteiger partial charge in [0.2, 0.25) is 6.33 Å². The lowest BCUT2D eigenvalue weighted by atomic mass is 10.3. The van der Waals surface area contributed by atoms with Gasteiger partial charge in [-0.15, -0.1) is 11.3 Å². The van der Waals surface area contributed by atoms with Crippen molar-refractivity contribution in [1.82, 2.24) is 24.7 Å². The molecule has 3 rings (SSSR count). The Morgan fingerprint density at radius 1 is 1.48 bits per heavy atom. The molecule has 0 spiro atoms. The summed E-state index contributed by atoms with van der Waals surface area (Å²) in [5.41, 5.74) is 0. The van der Waals surface area contributed by atoms with Gasteiger partial charge in [-0.1, -0.05) is 4.98 Å². The molecular formula is C11H11N7O2S. The zero-order valence-corrected chi connectivity index (χ0v) is 11.9. The minimum absolute atomic E-state index is 0.229. The first-order valence-electron chi connectivity index (χ1n) is 6.19. The van der Waals surface area contributed by atoms with Gasteiger partial charge in [0, 0.05) is 11.6 Å². The fourth-order valence-corrected chi connectivity index (χ4v) is 2.64. The van der Waals surface area contributed by atoms with Crippen molar-refractivity contribution >= 4 is 33.3 Å². The fourth-order valence-electron chi connectivity index (χ4n) is 1.86. The summed E-state index contributed by atoms with van der Waals surface area (Å²) in [6.45, 7) is 2.96. The first-order chi connectivity index (χ1) is 10.2. The average molecular weight is 305 g/mol. The Balaban J connectivity index is 1.93. The minimum atomic E-state index is -0.635. The topological polar surface area (TPSA) is 112 Å². The first kappa shape index (κ1) is 13.4. The summed E-state index contributed by atoms with van der Waals surface area (Å²) < 4.78 is 1.35. The maximum atomic E-state index is 10.6. The van der Waals surface area contributed by atoms with Gasteiger partial charge in [-0.2, -0.15) is 4.68 Å². The summed E-state index contributed by atoms with van der Waals surface area (Å²) in [5, 5.41) is 20.4. The van der Waals surface area contributed by atoms with Gasteiger partial charge in [-0.25, -0.2) is 9.97 Å². The van der Waals surface area contributed by atoms with Crippen molar-refractivity contribution in [3.05, 3.63) is 33.7 Å². The Morgan fingerprint density at radius 2 is 2.33 bits per heavy atom. The van der Waals surface area contributed by atoms with Gasteiger partial charge in [0.05, 0.1) is 5.39 Å². The zero-order valence-electron chi connectivity index (χ0n) is 11.1. The van der Waals surface area contributed by atoms with Gasteiger partial charge in [0.1, 0.15) is 17.2 Å². The van der Waals surface area contributed by atoms with Crippen LogP contribution in [-0.4, -0.2) is 36.2 Å². The zero-order chi connectivity index (χ0) is 14.8. The van der Waals surface area contributed by atoms with Crippen LogP contribution in [0, 0.1) is 10.1 Å². The number of nitrogens with zero attached hydrogens (tertiary/aromatic N) is 6. The van der Waals surface area contributed by atoms with Crippen LogP contribution in [-0.2, 0) is 6.54 Å². The molecule has 0 saturated heterocycles. The highest BCUT2D eigenvalue weighted by Crippen LogP contribution is 2.25. The molecule has 0 bridgehead atoms. The molecule has 1 N–H and O–H groups in total. The van der Waals surface area contributed by atoms with E-state index in [2.05, 4.69) is 25.4 Å². The Hall–Kier alpha value is -2.62. The third-order valence-electron chi connectivity index (χ3n) is 2.71. The van der Waals surface area contributed by atoms with E-state index in [0.717, 1.165) is 22.6 Å². The van der Waals surface area contributed by atoms with Crippen LogP contribution in [0.2, 0.25) is 0 Å². The van der Waals surface area contributed by atoms with Crippen LogP contribution < -0.4 is 5.32 Å². The van der Waals surface area contributed by atoms with Crippen LogP contribution in [0.5, 0.6) is 0 Å². The van der Waals surface area contributed by atoms with Crippen LogP contribution in [0.25, 0.3) is 10.2 Å². The van der Waals surface area contributed by atoms with E-state index in [1.165, 1.54) is 22.3 Å². The molecule has 21 heavy (non-hydrogen) atoms. The highest BCUT2D eigenvalue weighted by Gasteiger charge is 2.15. The third-order valence-corrected chi connectivity index (χ3v) is 3.51. The number of anilines is 1. The second-order valence-electron chi connectivity index (χ2n) is 4.16. The van der Waals surface area contributed by atoms with Gasteiger partial charge < -0.3 is 15.4 Å². The second-order valence-corrected chi connectivity index (χ2v) is 5.05. The number of thiophene rings is 1. The molecule has 9 nitrogen and oxygen atoms in total. The molecule has 108 valence electrons. The molecule has 0 amide bonds. The minimum Gasteiger partial charge on any atom is -0.390 e. The van der Waals surface area contributed by atoms with E-state index in [-0.39, 0.29) is 6.54 Å². The normalized spacial score (nSPS) is 10.9. The smallest absolute Gasteiger partial charge is 0.390 e. The van der Waals surface area contributed by atoms with Crippen molar-refractivity contribution in [2.75, 3.05) is 11.9 Å². The molecule has 0 saturated carbocycles. The predicted octanol–water partition coefficient (Wildman–Crippen LogP) is 1.67. The van der Waals surface area contributed by atoms with Crippen LogP contribution in [0.4, 0.5) is 11.8 Å². The Kier molecular flexibility index (Phi) is 3.44. The van der Waals surface area contributed by atoms with Crippen molar-refractivity contribution < 1.29 is 4.92 Å². The summed E-state index contributed by atoms with van der Waals surface area (Å²) in [7, 11) is 0. The number of rotatable bonds is 5. The van der Waals surface area contributed by atoms with Crippen molar-refractivity contribution in [2.24, 2.45) is 0 Å². The highest BCUT2D eigenvalue weighted by molar-refractivity contribution is 7.16. The number of aromatic nitrogens is 5. The summed E-state index contributed by atoms with van der Waals surface area (Å²) in [6.07, 6.45) is 1.30. The third kappa shape index (κ3) is 2.65. The monoisotopic (exact) mass is 305 g/mol. The maximum Gasteiger partial charge on any atom is 0.490 e. The summed E-state index contributed by atoms with van der Waals surface area (Å²) in [5.74, 6) is 0.855. The standard InChI is InChI=1S/C11H11N7O2S/c1-2-12-9-7-3-4-21-10(7)15-8(14-9)5-17-6-13-11(16-17)18(19)20/h3-4,6H,2,5H2,1H3,(H,12,14,15). The largest absolute Gasteiger partial charge is 0.490 e. The van der Waals surface area contributed by atoms with Crippen LogP contribution in [0.15, 0.2) is 17.8 Å². The number of hydrogen-bond donors (Lipinski definition) is 1. The molecule has 3 heterocycles. The second kappa shape index (κ2) is 5.40. The molecule has 0 fully saturated rings. The number of fused-ring (bicyclic) bond motifs is 1. The first-order valence-corrected chi connectivity index (χ1v) is 7.07. The van der Waals surface area contributed by atoms with E-state index in [0.29, 0.717) is 5.82 Å². The van der Waals surface area contributed by atoms with E-state index >= 15 is 0 Å². The average Bonchev–Trinajstić information content (AvgIpc) is 3.08. The molecule has 0 aliphatic rings. The Morgan fingerprint density at radius 3 is 3.05 bits per heavy atom. The Bertz CT molecular complexity index is 797. The molecule has 3 aromatic heterocycles. The van der Waals surface area contributed by atoms with E-state index in [4.69, 9.17) is 0 Å². The van der Waals surface area contributed by atoms with Crippen molar-refractivity contribution in [2.45, 2.75) is 13.5 Å². The van der Waals surface area contributed by atoms with Crippen LogP contribution in [0.1, 0.15) is 12.7 Å². The molecule has 0 aromatic carbocycles. The van der Waals surface area contributed by atoms with Crippen molar-refractivity contribution in [1.29, 1.82) is 0 Å². The molecule has 0 aliphatic carbocycles. The van der Waals surface area contributed by atoms with E-state index < -0.39 is 10.9 Å². The van der Waals surface area contributed by atoms with Gasteiger partial charge in [0.25, 0.3) is 0 Å². The van der Waals surface area contributed by atoms with Crippen LogP contribution >= 0.6 is 11.3 Å². The Labute approximate surface area is 122 Å². The molecule has 0 aliphatic heterocycles. The van der Waals surface area contributed by atoms with Gasteiger partial charge in [0.15, 0.2) is 5.82 Å². The van der Waals surface area contributed by atoms with Crippen molar-refractivity contribution in [3.8, 4) is 0 Å². The maximum absolute atomic E-state index is 10.6. The number of nitrogens with one attached hydrogen (secondary N) is 1. The van der Waals surface area contributed by atoms with E-state index in [1.54, 1.807) is 0 Å². The molecule has 10 heteroatoms. The van der Waals surface area contributed by atoms with Crippen LogP contribution in [0.3, 0.4) is 0 Å². The molecule has 3 aromatic rings. The lowest BCUT2D eigenvalue weighted by Crippen LogP contribution is -2.08.